The topological polar surface area (TPSA) is 29.1 Å². The van der Waals surface area contributed by atoms with E-state index in [1.165, 1.54) is 25.7 Å². The fraction of sp³-hybridized carbons (Fsp3) is 0.500. The Morgan fingerprint density at radius 3 is 2.67 bits per heavy atom. The van der Waals surface area contributed by atoms with Crippen LogP contribution in [0.25, 0.3) is 0 Å². The molecule has 0 spiro atoms. The van der Waals surface area contributed by atoms with Gasteiger partial charge in [0, 0.05) is 15.5 Å². The second-order valence-corrected chi connectivity index (χ2v) is 6.83. The highest BCUT2D eigenvalue weighted by Gasteiger charge is 2.41. The molecule has 1 fully saturated rings. The summed E-state index contributed by atoms with van der Waals surface area (Å²) in [6, 6.07) is 5.62. The van der Waals surface area contributed by atoms with E-state index in [4.69, 9.17) is 0 Å². The first-order chi connectivity index (χ1) is 8.56. The van der Waals surface area contributed by atoms with E-state index in [-0.39, 0.29) is 5.91 Å². The Hall–Kier alpha value is -0.350. The number of nitrogens with one attached hydrogen (secondary N) is 1. The van der Waals surface area contributed by atoms with Crippen LogP contribution in [0.15, 0.2) is 27.1 Å². The predicted octanol–water partition coefficient (Wildman–Crippen LogP) is 4.52. The van der Waals surface area contributed by atoms with Crippen LogP contribution in [0.5, 0.6) is 0 Å². The van der Waals surface area contributed by atoms with Crippen LogP contribution in [0.1, 0.15) is 43.0 Å². The van der Waals surface area contributed by atoms with Crippen molar-refractivity contribution in [3.8, 4) is 0 Å². The highest BCUT2D eigenvalue weighted by molar-refractivity contribution is 9.11. The average Bonchev–Trinajstić information content (AvgIpc) is 3.07. The van der Waals surface area contributed by atoms with E-state index in [0.29, 0.717) is 11.0 Å². The van der Waals surface area contributed by atoms with Gasteiger partial charge in [-0.3, -0.25) is 4.79 Å². The van der Waals surface area contributed by atoms with E-state index in [2.05, 4.69) is 44.1 Å². The van der Waals surface area contributed by atoms with Gasteiger partial charge in [0.25, 0.3) is 5.91 Å². The highest BCUT2D eigenvalue weighted by Crippen LogP contribution is 2.48. The van der Waals surface area contributed by atoms with Crippen molar-refractivity contribution in [2.24, 2.45) is 5.41 Å². The van der Waals surface area contributed by atoms with Crippen LogP contribution in [0.2, 0.25) is 0 Å². The molecular formula is C14H17Br2NO. The molecule has 0 heterocycles. The molecule has 0 saturated heterocycles. The molecule has 98 valence electrons. The molecule has 0 atom stereocenters. The van der Waals surface area contributed by atoms with E-state index in [1.54, 1.807) is 0 Å². The lowest BCUT2D eigenvalue weighted by molar-refractivity contribution is 0.0943. The quantitative estimate of drug-likeness (QED) is 0.806. The first-order valence-electron chi connectivity index (χ1n) is 6.29. The normalized spacial score (nSPS) is 16.4. The molecule has 1 aromatic carbocycles. The number of hydrogen-bond donors (Lipinski definition) is 1. The van der Waals surface area contributed by atoms with E-state index in [9.17, 15) is 4.79 Å². The molecule has 0 unspecified atom stereocenters. The van der Waals surface area contributed by atoms with Crippen LogP contribution in [0.4, 0.5) is 0 Å². The summed E-state index contributed by atoms with van der Waals surface area (Å²) in [7, 11) is 0. The lowest BCUT2D eigenvalue weighted by Crippen LogP contribution is -2.30. The van der Waals surface area contributed by atoms with Gasteiger partial charge in [-0.2, -0.15) is 0 Å². The summed E-state index contributed by atoms with van der Waals surface area (Å²) in [6.07, 6.45) is 4.91. The summed E-state index contributed by atoms with van der Waals surface area (Å²) in [6.45, 7) is 3.01. The standard InChI is InChI=1S/C14H17Br2NO/c1-2-5-14(6-7-14)9-17-13(18)11-4-3-10(15)8-12(11)16/h3-4,8H,2,5-7,9H2,1H3,(H,17,18). The number of amides is 1. The van der Waals surface area contributed by atoms with Gasteiger partial charge in [0.15, 0.2) is 0 Å². The van der Waals surface area contributed by atoms with Gasteiger partial charge < -0.3 is 5.32 Å². The third-order valence-corrected chi connectivity index (χ3v) is 4.69. The van der Waals surface area contributed by atoms with E-state index in [1.807, 2.05) is 18.2 Å². The van der Waals surface area contributed by atoms with Crippen LogP contribution in [0, 0.1) is 5.41 Å². The first kappa shape index (κ1) is 14.1. The number of rotatable bonds is 5. The largest absolute Gasteiger partial charge is 0.351 e. The van der Waals surface area contributed by atoms with Crippen molar-refractivity contribution >= 4 is 37.8 Å². The van der Waals surface area contributed by atoms with E-state index in [0.717, 1.165) is 15.5 Å². The summed E-state index contributed by atoms with van der Waals surface area (Å²) in [4.78, 5) is 12.1. The molecule has 0 aromatic heterocycles. The van der Waals surface area contributed by atoms with E-state index < -0.39 is 0 Å². The average molecular weight is 375 g/mol. The molecule has 1 aliphatic rings. The Labute approximate surface area is 125 Å². The molecule has 2 rings (SSSR count). The molecule has 18 heavy (non-hydrogen) atoms. The minimum atomic E-state index is 0.0109. The number of halogens is 2. The van der Waals surface area contributed by atoms with Gasteiger partial charge in [-0.05, 0) is 58.8 Å². The Kier molecular flexibility index (Phi) is 4.49. The lowest BCUT2D eigenvalue weighted by Gasteiger charge is -2.15. The zero-order valence-electron chi connectivity index (χ0n) is 10.4. The summed E-state index contributed by atoms with van der Waals surface area (Å²) < 4.78 is 1.80. The fourth-order valence-electron chi connectivity index (χ4n) is 2.26. The number of carbonyl (C=O) groups excluding carboxylic acids is 1. The molecule has 4 heteroatoms. The monoisotopic (exact) mass is 373 g/mol. The van der Waals surface area contributed by atoms with Crippen LogP contribution < -0.4 is 5.32 Å². The van der Waals surface area contributed by atoms with Crippen LogP contribution in [-0.2, 0) is 0 Å². The molecular weight excluding hydrogens is 358 g/mol. The molecule has 1 amide bonds. The third kappa shape index (κ3) is 3.35. The van der Waals surface area contributed by atoms with Gasteiger partial charge in [-0.1, -0.05) is 29.3 Å². The van der Waals surface area contributed by atoms with Gasteiger partial charge in [0.05, 0.1) is 5.56 Å². The van der Waals surface area contributed by atoms with Crippen LogP contribution in [-0.4, -0.2) is 12.5 Å². The van der Waals surface area contributed by atoms with Crippen molar-refractivity contribution in [2.45, 2.75) is 32.6 Å². The molecule has 0 radical (unpaired) electrons. The summed E-state index contributed by atoms with van der Waals surface area (Å²) >= 11 is 6.81. The van der Waals surface area contributed by atoms with Crippen LogP contribution in [0.3, 0.4) is 0 Å². The number of hydrogen-bond acceptors (Lipinski definition) is 1. The molecule has 1 saturated carbocycles. The number of carbonyl (C=O) groups is 1. The minimum Gasteiger partial charge on any atom is -0.351 e. The van der Waals surface area contributed by atoms with Crippen molar-refractivity contribution in [3.63, 3.8) is 0 Å². The van der Waals surface area contributed by atoms with Crippen molar-refractivity contribution in [3.05, 3.63) is 32.7 Å². The van der Waals surface area contributed by atoms with Gasteiger partial charge in [0.1, 0.15) is 0 Å². The van der Waals surface area contributed by atoms with Crippen LogP contribution >= 0.6 is 31.9 Å². The maximum Gasteiger partial charge on any atom is 0.252 e. The Balaban J connectivity index is 1.96. The molecule has 1 aliphatic carbocycles. The van der Waals surface area contributed by atoms with Gasteiger partial charge in [-0.25, -0.2) is 0 Å². The third-order valence-electron chi connectivity index (χ3n) is 3.54. The van der Waals surface area contributed by atoms with Crippen molar-refractivity contribution in [2.75, 3.05) is 6.54 Å². The Bertz CT molecular complexity index is 455. The first-order valence-corrected chi connectivity index (χ1v) is 7.88. The molecule has 0 bridgehead atoms. The second kappa shape index (κ2) is 5.74. The molecule has 1 aromatic rings. The summed E-state index contributed by atoms with van der Waals surface area (Å²) in [5.41, 5.74) is 1.09. The zero-order valence-corrected chi connectivity index (χ0v) is 13.6. The molecule has 2 nitrogen and oxygen atoms in total. The maximum atomic E-state index is 12.1. The Morgan fingerprint density at radius 1 is 1.39 bits per heavy atom. The predicted molar refractivity (Wildman–Crippen MR) is 80.8 cm³/mol. The smallest absolute Gasteiger partial charge is 0.252 e. The van der Waals surface area contributed by atoms with Crippen molar-refractivity contribution in [1.82, 2.24) is 5.32 Å². The Morgan fingerprint density at radius 2 is 2.11 bits per heavy atom. The summed E-state index contributed by atoms with van der Waals surface area (Å²) in [5, 5.41) is 3.06. The van der Waals surface area contributed by atoms with Gasteiger partial charge >= 0.3 is 0 Å². The molecule has 0 aliphatic heterocycles. The summed E-state index contributed by atoms with van der Waals surface area (Å²) in [5.74, 6) is 0.0109. The SMILES string of the molecule is CCCC1(CNC(=O)c2ccc(Br)cc2Br)CC1. The molecule has 1 N–H and O–H groups in total. The van der Waals surface area contributed by atoms with Crippen molar-refractivity contribution < 1.29 is 4.79 Å². The number of benzene rings is 1. The van der Waals surface area contributed by atoms with Crippen molar-refractivity contribution in [1.29, 1.82) is 0 Å². The zero-order chi connectivity index (χ0) is 13.2. The van der Waals surface area contributed by atoms with Gasteiger partial charge in [-0.15, -0.1) is 0 Å². The lowest BCUT2D eigenvalue weighted by atomic mass is 10.0. The minimum absolute atomic E-state index is 0.0109. The maximum absolute atomic E-state index is 12.1. The van der Waals surface area contributed by atoms with E-state index >= 15 is 0 Å². The fourth-order valence-corrected chi connectivity index (χ4v) is 3.49. The highest BCUT2D eigenvalue weighted by atomic mass is 79.9. The van der Waals surface area contributed by atoms with Gasteiger partial charge in [0.2, 0.25) is 0 Å². The second-order valence-electron chi connectivity index (χ2n) is 5.06.